The van der Waals surface area contributed by atoms with Crippen LogP contribution in [0, 0.1) is 6.92 Å². The molecule has 0 spiro atoms. The maximum Gasteiger partial charge on any atom is 0.254 e. The highest BCUT2D eigenvalue weighted by atomic mass is 32.2. The van der Waals surface area contributed by atoms with Gasteiger partial charge in [-0.1, -0.05) is 6.42 Å². The summed E-state index contributed by atoms with van der Waals surface area (Å²) in [7, 11) is -1.69. The van der Waals surface area contributed by atoms with Gasteiger partial charge >= 0.3 is 0 Å². The summed E-state index contributed by atoms with van der Waals surface area (Å²) in [6.45, 7) is 6.58. The molecule has 2 rings (SSSR count). The van der Waals surface area contributed by atoms with Gasteiger partial charge in [-0.15, -0.1) is 16.2 Å². The van der Waals surface area contributed by atoms with Crippen LogP contribution >= 0.6 is 11.3 Å². The van der Waals surface area contributed by atoms with E-state index < -0.39 is 10.0 Å². The number of nitrogens with zero attached hydrogens (tertiary/aromatic N) is 1. The highest BCUT2D eigenvalue weighted by Crippen LogP contribution is 2.28. The fourth-order valence-electron chi connectivity index (χ4n) is 2.92. The largest absolute Gasteiger partial charge is 0.315 e. The van der Waals surface area contributed by atoms with E-state index >= 15 is 0 Å². The molecular weight excluding hydrogens is 306 g/mol. The topological polar surface area (TPSA) is 61.4 Å². The van der Waals surface area contributed by atoms with E-state index in [2.05, 4.69) is 24.0 Å². The van der Waals surface area contributed by atoms with Gasteiger partial charge in [0.25, 0.3) is 10.0 Å². The minimum atomic E-state index is -3.52. The molecule has 0 radical (unpaired) electrons. The lowest BCUT2D eigenvalue weighted by Crippen LogP contribution is -2.54. The first-order valence-corrected chi connectivity index (χ1v) is 9.75. The molecule has 2 N–H and O–H groups in total. The summed E-state index contributed by atoms with van der Waals surface area (Å²) in [6.07, 6.45) is 3.21. The minimum absolute atomic E-state index is 0.232. The van der Waals surface area contributed by atoms with Gasteiger partial charge in [0, 0.05) is 23.5 Å². The predicted octanol–water partition coefficient (Wildman–Crippen LogP) is 2.23. The van der Waals surface area contributed by atoms with Crippen LogP contribution in [0.2, 0.25) is 0 Å². The van der Waals surface area contributed by atoms with Crippen LogP contribution in [0.1, 0.15) is 43.6 Å². The van der Waals surface area contributed by atoms with Gasteiger partial charge < -0.3 is 5.32 Å². The molecule has 7 heteroatoms. The van der Waals surface area contributed by atoms with E-state index in [9.17, 15) is 8.42 Å². The quantitative estimate of drug-likeness (QED) is 0.868. The molecule has 120 valence electrons. The fraction of sp³-hybridized carbons (Fsp3) is 0.714. The van der Waals surface area contributed by atoms with Crippen LogP contribution in [0.25, 0.3) is 0 Å². The Morgan fingerprint density at radius 3 is 2.52 bits per heavy atom. The normalized spacial score (nSPS) is 24.4. The number of piperidine rings is 1. The van der Waals surface area contributed by atoms with Crippen molar-refractivity contribution in [1.82, 2.24) is 15.2 Å². The number of aryl methyl sites for hydroxylation is 1. The standard InChI is InChI=1S/C14H25N3O2S2/c1-10-9-20-13(8-15-4)14(10)21(18,19)16-17-11(2)6-5-7-12(17)3/h9,11-12,15-16H,5-8H2,1-4H3. The lowest BCUT2D eigenvalue weighted by atomic mass is 10.0. The first kappa shape index (κ1) is 16.9. The fourth-order valence-corrected chi connectivity index (χ4v) is 5.98. The number of rotatable bonds is 5. The van der Waals surface area contributed by atoms with Crippen LogP contribution in [-0.2, 0) is 16.6 Å². The summed E-state index contributed by atoms with van der Waals surface area (Å²) in [6, 6.07) is 0.463. The van der Waals surface area contributed by atoms with Crippen molar-refractivity contribution in [2.24, 2.45) is 0 Å². The summed E-state index contributed by atoms with van der Waals surface area (Å²) in [5.41, 5.74) is 0.815. The Labute approximate surface area is 131 Å². The van der Waals surface area contributed by atoms with Crippen LogP contribution in [0.5, 0.6) is 0 Å². The van der Waals surface area contributed by atoms with Crippen molar-refractivity contribution in [3.63, 3.8) is 0 Å². The maximum absolute atomic E-state index is 12.8. The molecule has 2 atom stereocenters. The zero-order valence-corrected chi connectivity index (χ0v) is 14.8. The van der Waals surface area contributed by atoms with Gasteiger partial charge in [0.1, 0.15) is 4.90 Å². The molecular formula is C14H25N3O2S2. The summed E-state index contributed by atoms with van der Waals surface area (Å²) in [5.74, 6) is 0. The molecule has 0 bridgehead atoms. The van der Waals surface area contributed by atoms with Gasteiger partial charge in [0.15, 0.2) is 0 Å². The second-order valence-corrected chi connectivity index (χ2v) is 8.39. The molecule has 5 nitrogen and oxygen atoms in total. The van der Waals surface area contributed by atoms with E-state index in [0.29, 0.717) is 11.4 Å². The summed E-state index contributed by atoms with van der Waals surface area (Å²) >= 11 is 1.49. The molecule has 21 heavy (non-hydrogen) atoms. The van der Waals surface area contributed by atoms with E-state index in [1.807, 2.05) is 24.4 Å². The lowest BCUT2D eigenvalue weighted by molar-refractivity contribution is 0.0790. The van der Waals surface area contributed by atoms with Gasteiger partial charge in [-0.3, -0.25) is 0 Å². The molecule has 0 aromatic carbocycles. The first-order valence-electron chi connectivity index (χ1n) is 7.39. The number of nitrogens with one attached hydrogen (secondary N) is 2. The smallest absolute Gasteiger partial charge is 0.254 e. The molecule has 1 aliphatic heterocycles. The van der Waals surface area contributed by atoms with Crippen LogP contribution in [0.4, 0.5) is 0 Å². The number of thiophene rings is 1. The SMILES string of the molecule is CNCc1scc(C)c1S(=O)(=O)NN1C(C)CCCC1C. The summed E-state index contributed by atoms with van der Waals surface area (Å²) < 4.78 is 25.6. The highest BCUT2D eigenvalue weighted by molar-refractivity contribution is 7.89. The molecule has 1 saturated heterocycles. The Morgan fingerprint density at radius 1 is 1.33 bits per heavy atom. The van der Waals surface area contributed by atoms with Crippen molar-refractivity contribution in [3.8, 4) is 0 Å². The average Bonchev–Trinajstić information content (AvgIpc) is 2.77. The van der Waals surface area contributed by atoms with E-state index in [1.54, 1.807) is 0 Å². The lowest BCUT2D eigenvalue weighted by Gasteiger charge is -2.38. The third-order valence-electron chi connectivity index (χ3n) is 4.01. The van der Waals surface area contributed by atoms with E-state index in [4.69, 9.17) is 0 Å². The third-order valence-corrected chi connectivity index (χ3v) is 6.81. The molecule has 0 amide bonds. The Bertz CT molecular complexity index is 573. The van der Waals surface area contributed by atoms with Crippen LogP contribution in [-0.4, -0.2) is 32.6 Å². The van der Waals surface area contributed by atoms with Crippen LogP contribution in [0.15, 0.2) is 10.3 Å². The van der Waals surface area contributed by atoms with E-state index in [0.717, 1.165) is 29.7 Å². The van der Waals surface area contributed by atoms with Crippen molar-refractivity contribution in [2.45, 2.75) is 63.6 Å². The number of hydrogen-bond donors (Lipinski definition) is 2. The van der Waals surface area contributed by atoms with E-state index in [-0.39, 0.29) is 12.1 Å². The maximum atomic E-state index is 12.8. The summed E-state index contributed by atoms with van der Waals surface area (Å²) in [5, 5.41) is 6.84. The van der Waals surface area contributed by atoms with Crippen molar-refractivity contribution < 1.29 is 8.42 Å². The molecule has 2 heterocycles. The molecule has 1 aromatic rings. The molecule has 0 aliphatic carbocycles. The molecule has 1 aliphatic rings. The molecule has 1 fully saturated rings. The zero-order chi connectivity index (χ0) is 15.6. The van der Waals surface area contributed by atoms with E-state index in [1.165, 1.54) is 11.3 Å². The Hall–Kier alpha value is -0.470. The van der Waals surface area contributed by atoms with Crippen molar-refractivity contribution in [1.29, 1.82) is 0 Å². The Balaban J connectivity index is 2.28. The first-order chi connectivity index (χ1) is 9.86. The van der Waals surface area contributed by atoms with Crippen molar-refractivity contribution in [2.75, 3.05) is 7.05 Å². The van der Waals surface area contributed by atoms with Gasteiger partial charge in [-0.05, 0) is 51.6 Å². The van der Waals surface area contributed by atoms with Crippen LogP contribution in [0.3, 0.4) is 0 Å². The second kappa shape index (κ2) is 6.75. The molecule has 0 saturated carbocycles. The monoisotopic (exact) mass is 331 g/mol. The minimum Gasteiger partial charge on any atom is -0.315 e. The molecule has 2 unspecified atom stereocenters. The third kappa shape index (κ3) is 3.65. The Kier molecular flexibility index (Phi) is 5.43. The number of hydrogen-bond acceptors (Lipinski definition) is 5. The van der Waals surface area contributed by atoms with Crippen LogP contribution < -0.4 is 10.1 Å². The zero-order valence-electron chi connectivity index (χ0n) is 13.1. The van der Waals surface area contributed by atoms with Crippen molar-refractivity contribution >= 4 is 21.4 Å². The second-order valence-electron chi connectivity index (χ2n) is 5.83. The molecule has 1 aromatic heterocycles. The predicted molar refractivity (Wildman–Crippen MR) is 86.8 cm³/mol. The summed E-state index contributed by atoms with van der Waals surface area (Å²) in [4.78, 5) is 4.12. The van der Waals surface area contributed by atoms with Gasteiger partial charge in [-0.25, -0.2) is 13.4 Å². The number of hydrazine groups is 1. The van der Waals surface area contributed by atoms with Gasteiger partial charge in [-0.2, -0.15) is 0 Å². The Morgan fingerprint density at radius 2 is 1.95 bits per heavy atom. The average molecular weight is 332 g/mol. The van der Waals surface area contributed by atoms with Crippen molar-refractivity contribution in [3.05, 3.63) is 15.8 Å². The highest BCUT2D eigenvalue weighted by Gasteiger charge is 2.31. The van der Waals surface area contributed by atoms with Gasteiger partial charge in [0.2, 0.25) is 0 Å². The number of sulfonamides is 1. The van der Waals surface area contributed by atoms with Gasteiger partial charge in [0.05, 0.1) is 0 Å².